The molecule has 1 fully saturated rings. The maximum absolute atomic E-state index is 5.95. The number of aromatic nitrogens is 1. The molecular weight excluding hydrogens is 497 g/mol. The van der Waals surface area contributed by atoms with Gasteiger partial charge in [-0.25, -0.2) is 9.98 Å². The van der Waals surface area contributed by atoms with Gasteiger partial charge in [0.2, 0.25) is 0 Å². The first kappa shape index (κ1) is 23.9. The first-order valence-electron chi connectivity index (χ1n) is 9.92. The molecule has 1 aliphatic rings. The van der Waals surface area contributed by atoms with Crippen molar-refractivity contribution in [2.24, 2.45) is 10.9 Å². The highest BCUT2D eigenvalue weighted by Gasteiger charge is 2.25. The van der Waals surface area contributed by atoms with Gasteiger partial charge < -0.3 is 19.9 Å². The molecule has 6 nitrogen and oxygen atoms in total. The van der Waals surface area contributed by atoms with E-state index in [1.54, 1.807) is 11.3 Å². The summed E-state index contributed by atoms with van der Waals surface area (Å²) in [6.07, 6.45) is 1.14. The zero-order valence-electron chi connectivity index (χ0n) is 17.5. The third-order valence-electron chi connectivity index (χ3n) is 4.70. The van der Waals surface area contributed by atoms with Crippen molar-refractivity contribution in [2.75, 3.05) is 45.2 Å². The molecule has 1 atom stereocenters. The second-order valence-corrected chi connectivity index (χ2v) is 8.12. The lowest BCUT2D eigenvalue weighted by molar-refractivity contribution is 0.0906. The lowest BCUT2D eigenvalue weighted by atomic mass is 10.1. The second-order valence-electron chi connectivity index (χ2n) is 7.29. The zero-order chi connectivity index (χ0) is 19.8. The molecule has 8 heteroatoms. The van der Waals surface area contributed by atoms with E-state index in [0.29, 0.717) is 19.1 Å². The minimum Gasteiger partial charge on any atom is -0.376 e. The van der Waals surface area contributed by atoms with Gasteiger partial charge in [-0.1, -0.05) is 30.3 Å². The fraction of sp³-hybridized carbons (Fsp3) is 0.524. The van der Waals surface area contributed by atoms with Crippen LogP contribution in [-0.2, 0) is 17.9 Å². The molecule has 1 aliphatic heterocycles. The Bertz CT molecular complexity index is 753. The van der Waals surface area contributed by atoms with Crippen LogP contribution in [0, 0.1) is 5.92 Å². The maximum Gasteiger partial charge on any atom is 0.194 e. The highest BCUT2D eigenvalue weighted by Crippen LogP contribution is 2.20. The predicted molar refractivity (Wildman–Crippen MR) is 132 cm³/mol. The SMILES string of the molecule is CCNC(=NCc1csc(N(C)C)n1)N1CCC(COCc2ccccc2)C1.I. The van der Waals surface area contributed by atoms with Gasteiger partial charge in [-0.3, -0.25) is 0 Å². The Morgan fingerprint density at radius 2 is 2.14 bits per heavy atom. The number of guanidine groups is 1. The Balaban J connectivity index is 0.00000300. The number of hydrogen-bond donors (Lipinski definition) is 1. The number of hydrogen-bond acceptors (Lipinski definition) is 5. The van der Waals surface area contributed by atoms with Crippen molar-refractivity contribution >= 4 is 46.4 Å². The molecular formula is C21H32IN5OS. The molecule has 3 rings (SSSR count). The fourth-order valence-electron chi connectivity index (χ4n) is 3.23. The Hall–Kier alpha value is -1.39. The molecule has 2 heterocycles. The number of ether oxygens (including phenoxy) is 1. The molecule has 0 aliphatic carbocycles. The van der Waals surface area contributed by atoms with Crippen LogP contribution in [-0.4, -0.2) is 56.2 Å². The Kier molecular flexibility index (Phi) is 10.2. The molecule has 1 saturated heterocycles. The zero-order valence-corrected chi connectivity index (χ0v) is 20.7. The van der Waals surface area contributed by atoms with E-state index in [4.69, 9.17) is 9.73 Å². The number of nitrogens with zero attached hydrogens (tertiary/aromatic N) is 4. The summed E-state index contributed by atoms with van der Waals surface area (Å²) in [6.45, 7) is 7.07. The minimum absolute atomic E-state index is 0. The number of rotatable bonds is 8. The highest BCUT2D eigenvalue weighted by atomic mass is 127. The second kappa shape index (κ2) is 12.3. The standard InChI is InChI=1S/C21H31N5OS.HI/c1-4-22-20(23-12-19-16-28-21(24-19)25(2)3)26-11-10-18(13-26)15-27-14-17-8-6-5-7-9-17;/h5-9,16,18H,4,10-15H2,1-3H3,(H,22,23);1H. The molecule has 2 aromatic rings. The van der Waals surface area contributed by atoms with Crippen LogP contribution >= 0.6 is 35.3 Å². The molecule has 1 aromatic carbocycles. The van der Waals surface area contributed by atoms with Gasteiger partial charge in [0.05, 0.1) is 25.5 Å². The van der Waals surface area contributed by atoms with Crippen molar-refractivity contribution < 1.29 is 4.74 Å². The minimum atomic E-state index is 0. The van der Waals surface area contributed by atoms with E-state index in [1.165, 1.54) is 5.56 Å². The van der Waals surface area contributed by atoms with Gasteiger partial charge in [-0.05, 0) is 18.9 Å². The van der Waals surface area contributed by atoms with Crippen molar-refractivity contribution in [2.45, 2.75) is 26.5 Å². The van der Waals surface area contributed by atoms with E-state index < -0.39 is 0 Å². The molecule has 1 N–H and O–H groups in total. The van der Waals surface area contributed by atoms with Gasteiger partial charge in [-0.2, -0.15) is 0 Å². The summed E-state index contributed by atoms with van der Waals surface area (Å²) in [5.74, 6) is 1.53. The summed E-state index contributed by atoms with van der Waals surface area (Å²) < 4.78 is 5.95. The molecule has 1 unspecified atom stereocenters. The number of anilines is 1. The first-order valence-corrected chi connectivity index (χ1v) is 10.8. The average molecular weight is 529 g/mol. The normalized spacial score (nSPS) is 16.6. The lowest BCUT2D eigenvalue weighted by Gasteiger charge is -2.21. The van der Waals surface area contributed by atoms with E-state index in [0.717, 1.165) is 49.4 Å². The number of halogens is 1. The largest absolute Gasteiger partial charge is 0.376 e. The lowest BCUT2D eigenvalue weighted by Crippen LogP contribution is -2.40. The molecule has 0 bridgehead atoms. The number of nitrogens with one attached hydrogen (secondary N) is 1. The molecule has 29 heavy (non-hydrogen) atoms. The first-order chi connectivity index (χ1) is 13.7. The summed E-state index contributed by atoms with van der Waals surface area (Å²) in [5.41, 5.74) is 2.25. The van der Waals surface area contributed by atoms with Crippen molar-refractivity contribution in [1.29, 1.82) is 0 Å². The summed E-state index contributed by atoms with van der Waals surface area (Å²) in [4.78, 5) is 13.8. The smallest absolute Gasteiger partial charge is 0.194 e. The molecule has 1 aromatic heterocycles. The van der Waals surface area contributed by atoms with Crippen LogP contribution in [0.2, 0.25) is 0 Å². The van der Waals surface area contributed by atoms with E-state index in [9.17, 15) is 0 Å². The molecule has 0 amide bonds. The quantitative estimate of drug-likeness (QED) is 0.320. The van der Waals surface area contributed by atoms with Crippen molar-refractivity contribution in [3.8, 4) is 0 Å². The van der Waals surface area contributed by atoms with Crippen molar-refractivity contribution in [3.63, 3.8) is 0 Å². The van der Waals surface area contributed by atoms with E-state index in [2.05, 4.69) is 51.8 Å². The molecule has 160 valence electrons. The van der Waals surface area contributed by atoms with Crippen molar-refractivity contribution in [3.05, 3.63) is 47.0 Å². The van der Waals surface area contributed by atoms with Gasteiger partial charge in [-0.15, -0.1) is 35.3 Å². The summed E-state index contributed by atoms with van der Waals surface area (Å²) >= 11 is 1.66. The van der Waals surface area contributed by atoms with Gasteiger partial charge in [0.1, 0.15) is 0 Å². The van der Waals surface area contributed by atoms with Gasteiger partial charge in [0.25, 0.3) is 0 Å². The van der Waals surface area contributed by atoms with Gasteiger partial charge in [0.15, 0.2) is 11.1 Å². The third-order valence-corrected chi connectivity index (χ3v) is 5.76. The fourth-order valence-corrected chi connectivity index (χ4v) is 3.98. The number of aliphatic imine (C=N–C) groups is 1. The molecule has 0 spiro atoms. The van der Waals surface area contributed by atoms with Gasteiger partial charge in [0, 0.05) is 45.0 Å². The number of likely N-dealkylation sites (tertiary alicyclic amines) is 1. The third kappa shape index (κ3) is 7.42. The van der Waals surface area contributed by atoms with Crippen LogP contribution in [0.5, 0.6) is 0 Å². The summed E-state index contributed by atoms with van der Waals surface area (Å²) in [5, 5.41) is 6.54. The summed E-state index contributed by atoms with van der Waals surface area (Å²) in [6, 6.07) is 10.4. The van der Waals surface area contributed by atoms with Crippen LogP contribution in [0.25, 0.3) is 0 Å². The predicted octanol–water partition coefficient (Wildman–Crippen LogP) is 3.83. The van der Waals surface area contributed by atoms with E-state index >= 15 is 0 Å². The molecule has 0 radical (unpaired) electrons. The summed E-state index contributed by atoms with van der Waals surface area (Å²) in [7, 11) is 4.03. The van der Waals surface area contributed by atoms with E-state index in [1.807, 2.05) is 25.1 Å². The van der Waals surface area contributed by atoms with Crippen LogP contribution in [0.1, 0.15) is 24.6 Å². The van der Waals surface area contributed by atoms with E-state index in [-0.39, 0.29) is 24.0 Å². The molecule has 0 saturated carbocycles. The van der Waals surface area contributed by atoms with Crippen LogP contribution in [0.4, 0.5) is 5.13 Å². The van der Waals surface area contributed by atoms with Crippen LogP contribution < -0.4 is 10.2 Å². The van der Waals surface area contributed by atoms with Crippen LogP contribution in [0.3, 0.4) is 0 Å². The Morgan fingerprint density at radius 3 is 2.83 bits per heavy atom. The average Bonchev–Trinajstić information content (AvgIpc) is 3.36. The highest BCUT2D eigenvalue weighted by molar-refractivity contribution is 14.0. The number of benzene rings is 1. The van der Waals surface area contributed by atoms with Crippen LogP contribution in [0.15, 0.2) is 40.7 Å². The maximum atomic E-state index is 5.95. The Morgan fingerprint density at radius 1 is 1.34 bits per heavy atom. The van der Waals surface area contributed by atoms with Gasteiger partial charge >= 0.3 is 0 Å². The topological polar surface area (TPSA) is 53.0 Å². The monoisotopic (exact) mass is 529 g/mol. The Labute approximate surface area is 195 Å². The van der Waals surface area contributed by atoms with Crippen molar-refractivity contribution in [1.82, 2.24) is 15.2 Å². The number of thiazole rings is 1.